The van der Waals surface area contributed by atoms with E-state index >= 15 is 0 Å². The van der Waals surface area contributed by atoms with Crippen molar-refractivity contribution in [2.75, 3.05) is 0 Å². The number of rotatable bonds is 6. The van der Waals surface area contributed by atoms with Gasteiger partial charge in [0.15, 0.2) is 0 Å². The summed E-state index contributed by atoms with van der Waals surface area (Å²) in [6.07, 6.45) is -2.65. The van der Waals surface area contributed by atoms with E-state index in [4.69, 9.17) is 11.6 Å². The quantitative estimate of drug-likeness (QED) is 0.156. The molecule has 0 aliphatic rings. The van der Waals surface area contributed by atoms with E-state index in [1.807, 2.05) is 66.7 Å². The highest BCUT2D eigenvalue weighted by Crippen LogP contribution is 2.29. The maximum absolute atomic E-state index is 13.0. The summed E-state index contributed by atoms with van der Waals surface area (Å²) in [5.41, 5.74) is 8.76. The minimum absolute atomic E-state index is 0.0160. The zero-order valence-corrected chi connectivity index (χ0v) is 43.0. The summed E-state index contributed by atoms with van der Waals surface area (Å²) in [7, 11) is 0. The molecule has 6 aromatic rings. The van der Waals surface area contributed by atoms with Crippen LogP contribution in [0.2, 0.25) is 5.02 Å². The molecule has 0 unspecified atom stereocenters. The van der Waals surface area contributed by atoms with Gasteiger partial charge in [-0.2, -0.15) is 13.2 Å². The van der Waals surface area contributed by atoms with Crippen LogP contribution >= 0.6 is 11.6 Å². The fourth-order valence-electron chi connectivity index (χ4n) is 5.83. The molecule has 0 aliphatic heterocycles. The van der Waals surface area contributed by atoms with E-state index in [1.165, 1.54) is 46.5 Å². The lowest BCUT2D eigenvalue weighted by Gasteiger charge is -2.09. The van der Waals surface area contributed by atoms with Crippen molar-refractivity contribution >= 4 is 11.6 Å². The Hall–Kier alpha value is -5.02. The first kappa shape index (κ1) is 60.0. The molecule has 0 saturated carbocycles. The van der Waals surface area contributed by atoms with Crippen molar-refractivity contribution in [3.8, 4) is 0 Å². The summed E-state index contributed by atoms with van der Waals surface area (Å²) < 4.78 is 87.6. The van der Waals surface area contributed by atoms with E-state index in [2.05, 4.69) is 102 Å². The zero-order chi connectivity index (χ0) is 51.3. The normalized spacial score (nSPS) is 10.9. The molecule has 67 heavy (non-hydrogen) atoms. The highest BCUT2D eigenvalue weighted by atomic mass is 35.5. The minimum Gasteiger partial charge on any atom is -0.258 e. The van der Waals surface area contributed by atoms with Crippen LogP contribution in [-0.2, 0) is 6.18 Å². The molecule has 0 atom stereocenters. The third-order valence-corrected chi connectivity index (χ3v) is 10.5. The summed E-state index contributed by atoms with van der Waals surface area (Å²) in [5, 5.41) is 0.889. The molecule has 0 saturated heterocycles. The Morgan fingerprint density at radius 1 is 0.463 bits per heavy atom. The molecule has 10 heteroatoms. The number of alkyl halides is 3. The molecule has 6 rings (SSSR count). The number of pyridine rings is 2. The van der Waals surface area contributed by atoms with Crippen molar-refractivity contribution in [3.05, 3.63) is 199 Å². The van der Waals surface area contributed by atoms with Crippen molar-refractivity contribution in [3.63, 3.8) is 0 Å². The Bertz CT molecular complexity index is 2290. The predicted molar refractivity (Wildman–Crippen MR) is 268 cm³/mol. The zero-order valence-electron chi connectivity index (χ0n) is 42.3. The van der Waals surface area contributed by atoms with Crippen LogP contribution in [0.5, 0.6) is 0 Å². The van der Waals surface area contributed by atoms with Gasteiger partial charge in [-0.15, -0.1) is 0 Å². The molecular weight excluding hydrogens is 881 g/mol. The first-order valence-corrected chi connectivity index (χ1v) is 23.1. The van der Waals surface area contributed by atoms with Gasteiger partial charge in [0, 0.05) is 23.0 Å². The van der Waals surface area contributed by atoms with Gasteiger partial charge in [0.1, 0.15) is 29.0 Å². The molecule has 0 aliphatic carbocycles. The van der Waals surface area contributed by atoms with Gasteiger partial charge in [-0.05, 0) is 145 Å². The van der Waals surface area contributed by atoms with Crippen LogP contribution in [0.25, 0.3) is 0 Å². The summed E-state index contributed by atoms with van der Waals surface area (Å²) in [6, 6.07) is 29.4. The van der Waals surface area contributed by atoms with Crippen LogP contribution in [0, 0.1) is 51.0 Å². The van der Waals surface area contributed by atoms with Crippen LogP contribution in [0.4, 0.5) is 30.7 Å². The van der Waals surface area contributed by atoms with Gasteiger partial charge >= 0.3 is 6.18 Å². The fourth-order valence-corrected chi connectivity index (χ4v) is 6.28. The largest absolute Gasteiger partial charge is 0.433 e. The SMILES string of the molecule is CC(C)c1cc(F)cc(F)c1.CC(C)c1cccc(C(F)(F)F)n1.Cc1ccc(C(C)C)c(Cl)c1.Cc1ccc(C(C)C)cc1.Cc1ccc(C(C)C)cc1F.Cc1cnc(C(C)C)c(F)c1. The highest BCUT2D eigenvalue weighted by molar-refractivity contribution is 6.31. The standard InChI is InChI=1S/C10H13Cl.C10H13F.C10H14.C9H10F3N.C9H10F2.C9H12FN/c1-7(2)9-5-4-8(3)6-10(9)11;1-7(2)9-5-4-8(3)10(11)6-9;1-8(2)10-6-4-9(3)5-7-10;1-6(2)7-4-3-5-8(13-7)9(10,11)12;1-6(2)7-3-8(10)5-9(11)4-7;1-6(2)9-8(10)4-7(3)5-11-9/h2*4-7H,1-3H3;4-8H,1-3H3;3-6H,1-2H3;3-6H,1-2H3;4-6H,1-3H3. The van der Waals surface area contributed by atoms with Crippen LogP contribution < -0.4 is 0 Å². The average Bonchev–Trinajstić information content (AvgIpc) is 3.22. The molecule has 2 aromatic heterocycles. The second-order valence-corrected chi connectivity index (χ2v) is 18.8. The molecule has 4 aromatic carbocycles. The van der Waals surface area contributed by atoms with Crippen molar-refractivity contribution < 1.29 is 30.7 Å². The molecule has 2 nitrogen and oxygen atoms in total. The van der Waals surface area contributed by atoms with Crippen molar-refractivity contribution in [2.45, 2.75) is 152 Å². The van der Waals surface area contributed by atoms with E-state index in [0.29, 0.717) is 34.7 Å². The molecule has 0 N–H and O–H groups in total. The summed E-state index contributed by atoms with van der Waals surface area (Å²) in [5.74, 6) is 0.616. The number of hydrogen-bond donors (Lipinski definition) is 0. The van der Waals surface area contributed by atoms with Gasteiger partial charge in [-0.3, -0.25) is 4.98 Å². The number of hydrogen-bond acceptors (Lipinski definition) is 2. The van der Waals surface area contributed by atoms with Gasteiger partial charge in [0.25, 0.3) is 0 Å². The van der Waals surface area contributed by atoms with Gasteiger partial charge in [-0.1, -0.05) is 155 Å². The smallest absolute Gasteiger partial charge is 0.258 e. The number of benzene rings is 4. The van der Waals surface area contributed by atoms with Gasteiger partial charge in [0.2, 0.25) is 0 Å². The lowest BCUT2D eigenvalue weighted by atomic mass is 10.0. The number of aryl methyl sites for hydroxylation is 4. The van der Waals surface area contributed by atoms with Crippen molar-refractivity contribution in [1.29, 1.82) is 0 Å². The van der Waals surface area contributed by atoms with Gasteiger partial charge in [-0.25, -0.2) is 22.5 Å². The van der Waals surface area contributed by atoms with E-state index in [1.54, 1.807) is 25.3 Å². The fraction of sp³-hybridized carbons (Fsp3) is 0.404. The topological polar surface area (TPSA) is 25.8 Å². The number of nitrogens with zero attached hydrogens (tertiary/aromatic N) is 2. The number of halogens is 8. The predicted octanol–water partition coefficient (Wildman–Crippen LogP) is 19.1. The van der Waals surface area contributed by atoms with Crippen LogP contribution in [-0.4, -0.2) is 9.97 Å². The van der Waals surface area contributed by atoms with E-state index < -0.39 is 23.5 Å². The molecular formula is C57H72ClF7N2. The van der Waals surface area contributed by atoms with Crippen molar-refractivity contribution in [1.82, 2.24) is 9.97 Å². The molecule has 0 bridgehead atoms. The molecule has 366 valence electrons. The Labute approximate surface area is 402 Å². The van der Waals surface area contributed by atoms with Crippen molar-refractivity contribution in [2.24, 2.45) is 0 Å². The molecule has 2 heterocycles. The van der Waals surface area contributed by atoms with E-state index in [-0.39, 0.29) is 29.4 Å². The average molecular weight is 954 g/mol. The first-order valence-electron chi connectivity index (χ1n) is 22.7. The second-order valence-electron chi connectivity index (χ2n) is 18.4. The monoisotopic (exact) mass is 953 g/mol. The Balaban J connectivity index is 0.000000403. The van der Waals surface area contributed by atoms with Gasteiger partial charge < -0.3 is 0 Å². The summed E-state index contributed by atoms with van der Waals surface area (Å²) in [4.78, 5) is 7.52. The van der Waals surface area contributed by atoms with Gasteiger partial charge in [0.05, 0.1) is 5.69 Å². The Morgan fingerprint density at radius 2 is 0.985 bits per heavy atom. The van der Waals surface area contributed by atoms with E-state index in [0.717, 1.165) is 33.8 Å². The molecule has 0 fully saturated rings. The highest BCUT2D eigenvalue weighted by Gasteiger charge is 2.32. The van der Waals surface area contributed by atoms with E-state index in [9.17, 15) is 30.7 Å². The maximum atomic E-state index is 13.0. The molecule has 0 spiro atoms. The third-order valence-electron chi connectivity index (χ3n) is 10.1. The maximum Gasteiger partial charge on any atom is 0.433 e. The Morgan fingerprint density at radius 3 is 1.42 bits per heavy atom. The third kappa shape index (κ3) is 23.0. The molecule has 0 amide bonds. The summed E-state index contributed by atoms with van der Waals surface area (Å²) in [6.45, 7) is 31.9. The number of aromatic nitrogens is 2. The first-order chi connectivity index (χ1) is 31.0. The summed E-state index contributed by atoms with van der Waals surface area (Å²) >= 11 is 6.02. The minimum atomic E-state index is -4.34. The van der Waals surface area contributed by atoms with Crippen LogP contribution in [0.15, 0.2) is 109 Å². The van der Waals surface area contributed by atoms with Crippen LogP contribution in [0.1, 0.15) is 180 Å². The lowest BCUT2D eigenvalue weighted by molar-refractivity contribution is -0.141. The lowest BCUT2D eigenvalue weighted by Crippen LogP contribution is -2.09. The second kappa shape index (κ2) is 29.0. The van der Waals surface area contributed by atoms with Crippen LogP contribution in [0.3, 0.4) is 0 Å². The Kier molecular flexibility index (Phi) is 26.0. The molecule has 0 radical (unpaired) electrons.